The number of anilines is 1. The first kappa shape index (κ1) is 14.6. The third-order valence-corrected chi connectivity index (χ3v) is 4.74. The molecule has 22 heavy (non-hydrogen) atoms. The summed E-state index contributed by atoms with van der Waals surface area (Å²) in [5, 5.41) is 2.75. The number of carbonyl (C=O) groups is 1. The number of benzene rings is 1. The van der Waals surface area contributed by atoms with E-state index in [-0.39, 0.29) is 16.4 Å². The van der Waals surface area contributed by atoms with Crippen molar-refractivity contribution in [2.45, 2.75) is 24.2 Å². The highest BCUT2D eigenvalue weighted by molar-refractivity contribution is 7.90. The van der Waals surface area contributed by atoms with Gasteiger partial charge in [0, 0.05) is 23.1 Å². The molecule has 1 aromatic heterocycles. The van der Waals surface area contributed by atoms with Gasteiger partial charge in [0.1, 0.15) is 12.1 Å². The minimum absolute atomic E-state index is 0.119. The summed E-state index contributed by atoms with van der Waals surface area (Å²) in [5.74, 6) is 0.135. The van der Waals surface area contributed by atoms with Gasteiger partial charge in [0.15, 0.2) is 9.84 Å². The predicted octanol–water partition coefficient (Wildman–Crippen LogP) is 1.62. The molecule has 0 saturated heterocycles. The first-order valence-corrected chi connectivity index (χ1v) is 8.78. The van der Waals surface area contributed by atoms with Gasteiger partial charge >= 0.3 is 0 Å². The van der Waals surface area contributed by atoms with E-state index in [9.17, 15) is 13.2 Å². The number of nitrogens with zero attached hydrogens (tertiary/aromatic N) is 2. The van der Waals surface area contributed by atoms with Gasteiger partial charge < -0.3 is 5.32 Å². The molecular formula is C15H15N3O3S. The number of nitrogens with one attached hydrogen (secondary N) is 1. The molecule has 114 valence electrons. The lowest BCUT2D eigenvalue weighted by atomic mass is 10.2. The second kappa shape index (κ2) is 5.49. The first-order valence-electron chi connectivity index (χ1n) is 6.89. The van der Waals surface area contributed by atoms with Gasteiger partial charge in [0.05, 0.1) is 4.90 Å². The minimum Gasteiger partial charge on any atom is -0.306 e. The maximum atomic E-state index is 12.3. The molecule has 0 spiro atoms. The smallest absolute Gasteiger partial charge is 0.256 e. The Morgan fingerprint density at radius 2 is 2.05 bits per heavy atom. The van der Waals surface area contributed by atoms with Crippen LogP contribution in [0.5, 0.6) is 0 Å². The highest BCUT2D eigenvalue weighted by Gasteiger charge is 2.19. The molecule has 0 fully saturated rings. The Morgan fingerprint density at radius 1 is 1.23 bits per heavy atom. The zero-order chi connectivity index (χ0) is 15.7. The van der Waals surface area contributed by atoms with Crippen LogP contribution in [0, 0.1) is 0 Å². The SMILES string of the molecule is CS(=O)(=O)c1cccc(C(=O)Nc2ncnc3c2CCC3)c1. The Balaban J connectivity index is 1.89. The molecule has 1 amide bonds. The zero-order valence-corrected chi connectivity index (χ0v) is 12.9. The van der Waals surface area contributed by atoms with E-state index in [1.54, 1.807) is 12.1 Å². The van der Waals surface area contributed by atoms with Crippen LogP contribution in [0.25, 0.3) is 0 Å². The van der Waals surface area contributed by atoms with Crippen molar-refractivity contribution in [1.82, 2.24) is 9.97 Å². The van der Waals surface area contributed by atoms with Gasteiger partial charge in [0.25, 0.3) is 5.91 Å². The summed E-state index contributed by atoms with van der Waals surface area (Å²) in [6, 6.07) is 5.96. The van der Waals surface area contributed by atoms with Gasteiger partial charge in [-0.25, -0.2) is 18.4 Å². The Bertz CT molecular complexity index is 847. The van der Waals surface area contributed by atoms with Crippen LogP contribution in [0.3, 0.4) is 0 Å². The summed E-state index contributed by atoms with van der Waals surface area (Å²) in [6.07, 6.45) is 5.29. The lowest BCUT2D eigenvalue weighted by Gasteiger charge is -2.09. The molecule has 0 bridgehead atoms. The van der Waals surface area contributed by atoms with Crippen molar-refractivity contribution < 1.29 is 13.2 Å². The van der Waals surface area contributed by atoms with Crippen LogP contribution in [0.2, 0.25) is 0 Å². The number of aryl methyl sites for hydroxylation is 1. The van der Waals surface area contributed by atoms with Crippen molar-refractivity contribution in [3.05, 3.63) is 47.4 Å². The summed E-state index contributed by atoms with van der Waals surface area (Å²) in [7, 11) is -3.35. The second-order valence-electron chi connectivity index (χ2n) is 5.26. The highest BCUT2D eigenvalue weighted by atomic mass is 32.2. The molecule has 1 aromatic carbocycles. The van der Waals surface area contributed by atoms with Crippen LogP contribution in [0.4, 0.5) is 5.82 Å². The van der Waals surface area contributed by atoms with Crippen LogP contribution in [-0.2, 0) is 22.7 Å². The average molecular weight is 317 g/mol. The zero-order valence-electron chi connectivity index (χ0n) is 12.0. The van der Waals surface area contributed by atoms with Gasteiger partial charge in [-0.2, -0.15) is 0 Å². The van der Waals surface area contributed by atoms with Crippen molar-refractivity contribution in [3.63, 3.8) is 0 Å². The van der Waals surface area contributed by atoms with E-state index < -0.39 is 9.84 Å². The van der Waals surface area contributed by atoms with E-state index in [0.717, 1.165) is 36.8 Å². The largest absolute Gasteiger partial charge is 0.306 e. The molecule has 0 atom stereocenters. The van der Waals surface area contributed by atoms with Crippen molar-refractivity contribution in [1.29, 1.82) is 0 Å². The Hall–Kier alpha value is -2.28. The van der Waals surface area contributed by atoms with Crippen LogP contribution < -0.4 is 5.32 Å². The molecule has 3 rings (SSSR count). The fourth-order valence-electron chi connectivity index (χ4n) is 2.51. The summed E-state index contributed by atoms with van der Waals surface area (Å²) < 4.78 is 23.1. The minimum atomic E-state index is -3.35. The number of carbonyl (C=O) groups excluding carboxylic acids is 1. The Kier molecular flexibility index (Phi) is 3.66. The van der Waals surface area contributed by atoms with E-state index in [2.05, 4.69) is 15.3 Å². The normalized spacial score (nSPS) is 13.7. The number of hydrogen-bond acceptors (Lipinski definition) is 5. The molecule has 0 saturated carbocycles. The topological polar surface area (TPSA) is 89.0 Å². The molecule has 1 aliphatic rings. The maximum Gasteiger partial charge on any atom is 0.256 e. The van der Waals surface area contributed by atoms with Crippen LogP contribution in [-0.4, -0.2) is 30.5 Å². The van der Waals surface area contributed by atoms with E-state index in [1.807, 2.05) is 0 Å². The molecule has 0 aliphatic heterocycles. The Labute approximate surface area is 128 Å². The molecule has 0 radical (unpaired) electrons. The summed E-state index contributed by atoms with van der Waals surface area (Å²) >= 11 is 0. The maximum absolute atomic E-state index is 12.3. The fraction of sp³-hybridized carbons (Fsp3) is 0.267. The van der Waals surface area contributed by atoms with Crippen molar-refractivity contribution in [2.75, 3.05) is 11.6 Å². The van der Waals surface area contributed by atoms with Gasteiger partial charge in [-0.1, -0.05) is 6.07 Å². The van der Waals surface area contributed by atoms with Gasteiger partial charge in [-0.05, 0) is 37.5 Å². The molecule has 6 nitrogen and oxygen atoms in total. The van der Waals surface area contributed by atoms with E-state index in [0.29, 0.717) is 5.82 Å². The molecular weight excluding hydrogens is 302 g/mol. The van der Waals surface area contributed by atoms with Gasteiger partial charge in [-0.3, -0.25) is 4.79 Å². The predicted molar refractivity (Wildman–Crippen MR) is 81.6 cm³/mol. The van der Waals surface area contributed by atoms with Crippen molar-refractivity contribution in [2.24, 2.45) is 0 Å². The Morgan fingerprint density at radius 3 is 2.82 bits per heavy atom. The fourth-order valence-corrected chi connectivity index (χ4v) is 3.18. The molecule has 1 aliphatic carbocycles. The summed E-state index contributed by atoms with van der Waals surface area (Å²) in [4.78, 5) is 20.8. The number of fused-ring (bicyclic) bond motifs is 1. The molecule has 2 aromatic rings. The number of rotatable bonds is 3. The number of hydrogen-bond donors (Lipinski definition) is 1. The third kappa shape index (κ3) is 2.85. The van der Waals surface area contributed by atoms with Crippen LogP contribution in [0.1, 0.15) is 28.0 Å². The number of amides is 1. The summed E-state index contributed by atoms with van der Waals surface area (Å²) in [5.41, 5.74) is 2.22. The van der Waals surface area contributed by atoms with Crippen molar-refractivity contribution >= 4 is 21.6 Å². The summed E-state index contributed by atoms with van der Waals surface area (Å²) in [6.45, 7) is 0. The lowest BCUT2D eigenvalue weighted by molar-refractivity contribution is 0.102. The molecule has 1 N–H and O–H groups in total. The molecule has 0 unspecified atom stereocenters. The highest BCUT2D eigenvalue weighted by Crippen LogP contribution is 2.25. The van der Waals surface area contributed by atoms with Crippen LogP contribution in [0.15, 0.2) is 35.5 Å². The lowest BCUT2D eigenvalue weighted by Crippen LogP contribution is -2.15. The van der Waals surface area contributed by atoms with E-state index in [1.165, 1.54) is 18.5 Å². The second-order valence-corrected chi connectivity index (χ2v) is 7.27. The standard InChI is InChI=1S/C15H15N3O3S/c1-22(20,21)11-5-2-4-10(8-11)15(19)18-14-12-6-3-7-13(12)16-9-17-14/h2,4-5,8-9H,3,6-7H2,1H3,(H,16,17,18,19). The first-order chi connectivity index (χ1) is 10.4. The average Bonchev–Trinajstić information content (AvgIpc) is 2.96. The van der Waals surface area contributed by atoms with Gasteiger partial charge in [-0.15, -0.1) is 0 Å². The van der Waals surface area contributed by atoms with Crippen molar-refractivity contribution in [3.8, 4) is 0 Å². The van der Waals surface area contributed by atoms with Gasteiger partial charge in [0.2, 0.25) is 0 Å². The molecule has 1 heterocycles. The molecule has 7 heteroatoms. The monoisotopic (exact) mass is 317 g/mol. The number of sulfone groups is 1. The third-order valence-electron chi connectivity index (χ3n) is 3.63. The van der Waals surface area contributed by atoms with Crippen LogP contribution >= 0.6 is 0 Å². The van der Waals surface area contributed by atoms with E-state index in [4.69, 9.17) is 0 Å². The van der Waals surface area contributed by atoms with E-state index >= 15 is 0 Å². The quantitative estimate of drug-likeness (QED) is 0.929. The number of aromatic nitrogens is 2.